The van der Waals surface area contributed by atoms with Crippen LogP contribution in [-0.2, 0) is 0 Å². The van der Waals surface area contributed by atoms with Gasteiger partial charge in [0.1, 0.15) is 4.84 Å². The van der Waals surface area contributed by atoms with Gasteiger partial charge in [-0.15, -0.1) is 0 Å². The molecule has 0 aromatic heterocycles. The molecule has 0 aromatic rings. The maximum absolute atomic E-state index is 5.48. The van der Waals surface area contributed by atoms with Crippen LogP contribution >= 0.6 is 23.2 Å². The average molecular weight is 168 g/mol. The Morgan fingerprint density at radius 2 is 1.89 bits per heavy atom. The van der Waals surface area contributed by atoms with Crippen LogP contribution in [0.15, 0.2) is 12.3 Å². The van der Waals surface area contributed by atoms with Crippen LogP contribution in [0.2, 0.25) is 0 Å². The summed E-state index contributed by atoms with van der Waals surface area (Å²) in [7, 11) is 0. The number of alkyl halides is 2. The summed E-state index contributed by atoms with van der Waals surface area (Å²) in [4.78, 5) is -0.507. The molecule has 0 radical (unpaired) electrons. The molecule has 1 N–H and O–H groups in total. The monoisotopic (exact) mass is 167 g/mol. The molecule has 0 saturated heterocycles. The van der Waals surface area contributed by atoms with E-state index in [4.69, 9.17) is 23.2 Å². The highest BCUT2D eigenvalue weighted by molar-refractivity contribution is 6.46. The van der Waals surface area contributed by atoms with Crippen molar-refractivity contribution in [3.8, 4) is 0 Å². The van der Waals surface area contributed by atoms with E-state index >= 15 is 0 Å². The van der Waals surface area contributed by atoms with Crippen molar-refractivity contribution in [2.24, 2.45) is 0 Å². The Hall–Kier alpha value is 0.120. The molecule has 54 valence electrons. The van der Waals surface area contributed by atoms with Crippen LogP contribution in [0, 0.1) is 0 Å². The van der Waals surface area contributed by atoms with Crippen molar-refractivity contribution >= 4 is 23.2 Å². The van der Waals surface area contributed by atoms with Crippen LogP contribution in [-0.4, -0.2) is 10.9 Å². The first-order valence-electron chi connectivity index (χ1n) is 2.77. The number of hydrogen-bond acceptors (Lipinski definition) is 1. The maximum Gasteiger partial charge on any atom is 0.146 e. The summed E-state index contributed by atoms with van der Waals surface area (Å²) in [6, 6.07) is 0.345. The second kappa shape index (κ2) is 4.02. The van der Waals surface area contributed by atoms with Crippen LogP contribution in [0.3, 0.4) is 0 Å². The number of rotatable bonds is 3. The van der Waals surface area contributed by atoms with Crippen LogP contribution in [0.5, 0.6) is 0 Å². The number of nitrogens with one attached hydrogen (secondary N) is 1. The molecule has 0 rings (SSSR count). The predicted octanol–water partition coefficient (Wildman–Crippen LogP) is 2.30. The van der Waals surface area contributed by atoms with Gasteiger partial charge in [-0.3, -0.25) is 0 Å². The van der Waals surface area contributed by atoms with Gasteiger partial charge in [-0.1, -0.05) is 29.8 Å². The fraction of sp³-hybridized carbons (Fsp3) is 0.667. The van der Waals surface area contributed by atoms with Crippen LogP contribution in [0.1, 0.15) is 13.8 Å². The molecule has 0 aliphatic carbocycles. The SMILES string of the molecule is C=C(NC(C)C)C(Cl)Cl. The van der Waals surface area contributed by atoms with Crippen LogP contribution < -0.4 is 5.32 Å². The minimum absolute atomic E-state index is 0.345. The summed E-state index contributed by atoms with van der Waals surface area (Å²) in [5.41, 5.74) is 0.660. The van der Waals surface area contributed by atoms with Crippen molar-refractivity contribution in [2.75, 3.05) is 0 Å². The molecular weight excluding hydrogens is 157 g/mol. The molecule has 0 aliphatic heterocycles. The highest BCUT2D eigenvalue weighted by atomic mass is 35.5. The van der Waals surface area contributed by atoms with Crippen molar-refractivity contribution in [1.82, 2.24) is 5.32 Å². The van der Waals surface area contributed by atoms with Gasteiger partial charge < -0.3 is 5.32 Å². The van der Waals surface area contributed by atoms with E-state index in [1.807, 2.05) is 13.8 Å². The fourth-order valence-electron chi connectivity index (χ4n) is 0.434. The fourth-order valence-corrected chi connectivity index (χ4v) is 0.560. The third kappa shape index (κ3) is 4.61. The second-order valence-electron chi connectivity index (χ2n) is 2.12. The van der Waals surface area contributed by atoms with Crippen molar-refractivity contribution in [2.45, 2.75) is 24.7 Å². The summed E-state index contributed by atoms with van der Waals surface area (Å²) in [6.45, 7) is 7.62. The standard InChI is InChI=1S/C6H11Cl2N/c1-4(2)9-5(3)6(7)8/h4,6,9H,3H2,1-2H3. The van der Waals surface area contributed by atoms with Gasteiger partial charge in [-0.2, -0.15) is 0 Å². The Morgan fingerprint density at radius 3 is 2.00 bits per heavy atom. The molecule has 9 heavy (non-hydrogen) atoms. The Bertz CT molecular complexity index is 99.2. The maximum atomic E-state index is 5.48. The topological polar surface area (TPSA) is 12.0 Å². The number of allylic oxidation sites excluding steroid dienone is 1. The zero-order chi connectivity index (χ0) is 7.44. The molecule has 0 atom stereocenters. The smallest absolute Gasteiger partial charge is 0.146 e. The van der Waals surface area contributed by atoms with Crippen LogP contribution in [0.4, 0.5) is 0 Å². The van der Waals surface area contributed by atoms with E-state index in [0.29, 0.717) is 11.7 Å². The van der Waals surface area contributed by atoms with E-state index < -0.39 is 4.84 Å². The van der Waals surface area contributed by atoms with Gasteiger partial charge in [0.25, 0.3) is 0 Å². The summed E-state index contributed by atoms with van der Waals surface area (Å²) in [5, 5.41) is 2.98. The Labute approximate surface area is 66.0 Å². The minimum atomic E-state index is -0.507. The Morgan fingerprint density at radius 1 is 1.44 bits per heavy atom. The molecule has 3 heteroatoms. The Balaban J connectivity index is 3.51. The number of halogens is 2. The molecule has 0 bridgehead atoms. The van der Waals surface area contributed by atoms with E-state index in [1.165, 1.54) is 0 Å². The van der Waals surface area contributed by atoms with E-state index in [1.54, 1.807) is 0 Å². The molecule has 0 heterocycles. The molecule has 0 saturated carbocycles. The molecule has 0 aromatic carbocycles. The average Bonchev–Trinajstić information content (AvgIpc) is 1.63. The van der Waals surface area contributed by atoms with Gasteiger partial charge in [0.15, 0.2) is 0 Å². The van der Waals surface area contributed by atoms with Crippen molar-refractivity contribution in [3.05, 3.63) is 12.3 Å². The largest absolute Gasteiger partial charge is 0.384 e. The van der Waals surface area contributed by atoms with E-state index in [2.05, 4.69) is 11.9 Å². The van der Waals surface area contributed by atoms with Gasteiger partial charge in [0, 0.05) is 11.7 Å². The third-order valence-electron chi connectivity index (χ3n) is 0.737. The van der Waals surface area contributed by atoms with Gasteiger partial charge in [-0.05, 0) is 13.8 Å². The molecule has 1 nitrogen and oxygen atoms in total. The lowest BCUT2D eigenvalue weighted by molar-refractivity contribution is 0.668. The van der Waals surface area contributed by atoms with Crippen molar-refractivity contribution in [1.29, 1.82) is 0 Å². The van der Waals surface area contributed by atoms with Crippen molar-refractivity contribution in [3.63, 3.8) is 0 Å². The molecule has 0 aliphatic rings. The minimum Gasteiger partial charge on any atom is -0.384 e. The summed E-state index contributed by atoms with van der Waals surface area (Å²) < 4.78 is 0. The molecule has 0 spiro atoms. The summed E-state index contributed by atoms with van der Waals surface area (Å²) >= 11 is 11.0. The molecule has 0 amide bonds. The van der Waals surface area contributed by atoms with Gasteiger partial charge >= 0.3 is 0 Å². The van der Waals surface area contributed by atoms with Gasteiger partial charge in [0.05, 0.1) is 0 Å². The third-order valence-corrected chi connectivity index (χ3v) is 1.26. The zero-order valence-electron chi connectivity index (χ0n) is 5.62. The van der Waals surface area contributed by atoms with E-state index in [9.17, 15) is 0 Å². The molecule has 0 unspecified atom stereocenters. The quantitative estimate of drug-likeness (QED) is 0.637. The summed E-state index contributed by atoms with van der Waals surface area (Å²) in [6.07, 6.45) is 0. The van der Waals surface area contributed by atoms with Gasteiger partial charge in [-0.25, -0.2) is 0 Å². The van der Waals surface area contributed by atoms with Crippen molar-refractivity contribution < 1.29 is 0 Å². The lowest BCUT2D eigenvalue weighted by atomic mass is 10.4. The lowest BCUT2D eigenvalue weighted by Gasteiger charge is -2.12. The van der Waals surface area contributed by atoms with E-state index in [-0.39, 0.29) is 0 Å². The lowest BCUT2D eigenvalue weighted by Crippen LogP contribution is -2.24. The zero-order valence-corrected chi connectivity index (χ0v) is 7.13. The summed E-state index contributed by atoms with van der Waals surface area (Å²) in [5.74, 6) is 0. The first-order chi connectivity index (χ1) is 4.04. The highest BCUT2D eigenvalue weighted by Gasteiger charge is 2.03. The highest BCUT2D eigenvalue weighted by Crippen LogP contribution is 2.09. The van der Waals surface area contributed by atoms with E-state index in [0.717, 1.165) is 0 Å². The Kier molecular flexibility index (Phi) is 4.07. The van der Waals surface area contributed by atoms with Crippen LogP contribution in [0.25, 0.3) is 0 Å². The molecule has 0 fully saturated rings. The van der Waals surface area contributed by atoms with Gasteiger partial charge in [0.2, 0.25) is 0 Å². The first-order valence-corrected chi connectivity index (χ1v) is 3.64. The normalized spacial score (nSPS) is 10.4. The first kappa shape index (κ1) is 9.12. The molecular formula is C6H11Cl2N. The number of hydrogen-bond donors (Lipinski definition) is 1. The predicted molar refractivity (Wildman–Crippen MR) is 42.9 cm³/mol. The second-order valence-corrected chi connectivity index (χ2v) is 3.22.